The summed E-state index contributed by atoms with van der Waals surface area (Å²) in [6, 6.07) is 8.64. The Kier molecular flexibility index (Phi) is 5.96. The predicted molar refractivity (Wildman–Crippen MR) is 119 cm³/mol. The zero-order valence-electron chi connectivity index (χ0n) is 16.6. The molecular formula is C20H17N5O4S2. The fourth-order valence-electron chi connectivity index (χ4n) is 2.97. The van der Waals surface area contributed by atoms with Crippen LogP contribution in [-0.4, -0.2) is 43.8 Å². The van der Waals surface area contributed by atoms with Crippen LogP contribution in [0.15, 0.2) is 51.5 Å². The Morgan fingerprint density at radius 3 is 2.90 bits per heavy atom. The molecule has 9 nitrogen and oxygen atoms in total. The van der Waals surface area contributed by atoms with Crippen molar-refractivity contribution >= 4 is 46.5 Å². The number of carbonyl (C=O) groups excluding carboxylic acids is 1. The zero-order valence-corrected chi connectivity index (χ0v) is 18.3. The minimum atomic E-state index is -0.542. The van der Waals surface area contributed by atoms with E-state index in [9.17, 15) is 14.9 Å². The molecule has 0 amide bonds. The van der Waals surface area contributed by atoms with Crippen molar-refractivity contribution in [3.05, 3.63) is 62.5 Å². The number of thioether (sulfide) groups is 1. The third-order valence-electron chi connectivity index (χ3n) is 4.46. The van der Waals surface area contributed by atoms with E-state index < -0.39 is 10.9 Å². The molecule has 1 aliphatic heterocycles. The van der Waals surface area contributed by atoms with Crippen LogP contribution in [0.25, 0.3) is 16.8 Å². The van der Waals surface area contributed by atoms with Gasteiger partial charge in [0, 0.05) is 17.4 Å². The summed E-state index contributed by atoms with van der Waals surface area (Å²) in [6.07, 6.45) is 1.57. The Morgan fingerprint density at radius 1 is 1.35 bits per heavy atom. The molecule has 3 heterocycles. The van der Waals surface area contributed by atoms with Crippen LogP contribution in [0.3, 0.4) is 0 Å². The van der Waals surface area contributed by atoms with E-state index >= 15 is 0 Å². The minimum Gasteiger partial charge on any atom is -0.462 e. The molecule has 0 aliphatic carbocycles. The molecule has 158 valence electrons. The summed E-state index contributed by atoms with van der Waals surface area (Å²) >= 11 is 2.92. The maximum Gasteiger partial charge on any atom is 0.340 e. The average Bonchev–Trinajstić information content (AvgIpc) is 3.42. The Morgan fingerprint density at radius 2 is 2.19 bits per heavy atom. The molecule has 3 aromatic rings. The molecule has 0 bridgehead atoms. The summed E-state index contributed by atoms with van der Waals surface area (Å²) in [6.45, 7) is 3.58. The van der Waals surface area contributed by atoms with Gasteiger partial charge in [-0.05, 0) is 36.9 Å². The quantitative estimate of drug-likeness (QED) is 0.237. The Balaban J connectivity index is 1.80. The van der Waals surface area contributed by atoms with Crippen molar-refractivity contribution in [2.24, 2.45) is 5.10 Å². The number of hydrogen-bond acceptors (Lipinski definition) is 9. The van der Waals surface area contributed by atoms with Crippen LogP contribution in [0.4, 0.5) is 5.69 Å². The summed E-state index contributed by atoms with van der Waals surface area (Å²) < 4.78 is 6.84. The summed E-state index contributed by atoms with van der Waals surface area (Å²) in [5.41, 5.74) is 1.76. The number of ether oxygens (including phenoxy) is 1. The lowest BCUT2D eigenvalue weighted by molar-refractivity contribution is -0.385. The van der Waals surface area contributed by atoms with E-state index in [1.165, 1.54) is 29.2 Å². The van der Waals surface area contributed by atoms with Gasteiger partial charge in [-0.1, -0.05) is 30.0 Å². The van der Waals surface area contributed by atoms with E-state index in [0.29, 0.717) is 33.6 Å². The number of nitro benzene ring substituents is 1. The summed E-state index contributed by atoms with van der Waals surface area (Å²) in [5.74, 6) is 0.435. The highest BCUT2D eigenvalue weighted by Crippen LogP contribution is 2.31. The van der Waals surface area contributed by atoms with Crippen LogP contribution < -0.4 is 0 Å². The number of carbonyl (C=O) groups is 1. The molecule has 0 saturated carbocycles. The molecule has 11 heteroatoms. The van der Waals surface area contributed by atoms with Crippen LogP contribution in [0.5, 0.6) is 0 Å². The molecule has 31 heavy (non-hydrogen) atoms. The van der Waals surface area contributed by atoms with Crippen LogP contribution in [-0.2, 0) is 9.53 Å². The molecule has 0 spiro atoms. The number of benzene rings is 1. The lowest BCUT2D eigenvalue weighted by Gasteiger charge is -2.15. The highest BCUT2D eigenvalue weighted by molar-refractivity contribution is 7.99. The first kappa shape index (κ1) is 20.9. The van der Waals surface area contributed by atoms with Gasteiger partial charge in [-0.25, -0.2) is 4.79 Å². The van der Waals surface area contributed by atoms with Crippen molar-refractivity contribution < 1.29 is 14.5 Å². The third kappa shape index (κ3) is 4.28. The van der Waals surface area contributed by atoms with Crippen LogP contribution in [0, 0.1) is 17.0 Å². The number of thiophene rings is 1. The lowest BCUT2D eigenvalue weighted by atomic mass is 10.0. The van der Waals surface area contributed by atoms with Crippen molar-refractivity contribution in [1.29, 1.82) is 0 Å². The van der Waals surface area contributed by atoms with Crippen molar-refractivity contribution in [2.45, 2.75) is 19.0 Å². The fraction of sp³-hybridized carbons (Fsp3) is 0.200. The normalized spacial score (nSPS) is 13.5. The molecule has 1 aliphatic rings. The Hall–Kier alpha value is -3.31. The number of esters is 1. The van der Waals surface area contributed by atoms with Gasteiger partial charge in [0.2, 0.25) is 5.16 Å². The van der Waals surface area contributed by atoms with Gasteiger partial charge in [0.25, 0.3) is 5.69 Å². The van der Waals surface area contributed by atoms with E-state index in [2.05, 4.69) is 15.3 Å². The Labute approximate surface area is 185 Å². The van der Waals surface area contributed by atoms with E-state index in [0.717, 1.165) is 4.88 Å². The summed E-state index contributed by atoms with van der Waals surface area (Å²) in [7, 11) is 0. The average molecular weight is 456 g/mol. The molecule has 4 rings (SSSR count). The van der Waals surface area contributed by atoms with Crippen molar-refractivity contribution in [3.8, 4) is 10.7 Å². The van der Waals surface area contributed by atoms with Gasteiger partial charge in [-0.2, -0.15) is 9.78 Å². The number of fused-ring (bicyclic) bond motifs is 1. The second kappa shape index (κ2) is 8.82. The predicted octanol–water partition coefficient (Wildman–Crippen LogP) is 4.18. The highest BCUT2D eigenvalue weighted by Gasteiger charge is 2.26. The summed E-state index contributed by atoms with van der Waals surface area (Å²) in [5, 5.41) is 26.9. The first-order valence-electron chi connectivity index (χ1n) is 9.32. The highest BCUT2D eigenvalue weighted by atomic mass is 32.2. The maximum absolute atomic E-state index is 12.7. The second-order valence-corrected chi connectivity index (χ2v) is 8.40. The van der Waals surface area contributed by atoms with Gasteiger partial charge >= 0.3 is 5.97 Å². The molecule has 1 aromatic carbocycles. The second-order valence-electron chi connectivity index (χ2n) is 6.51. The number of hydrogen-bond donors (Lipinski definition) is 0. The van der Waals surface area contributed by atoms with E-state index in [1.54, 1.807) is 36.7 Å². The monoisotopic (exact) mass is 455 g/mol. The molecule has 0 unspecified atom stereocenters. The number of aromatic nitrogens is 3. The van der Waals surface area contributed by atoms with E-state index in [4.69, 9.17) is 4.74 Å². The number of nitro groups is 1. The van der Waals surface area contributed by atoms with Gasteiger partial charge in [-0.3, -0.25) is 10.1 Å². The standard InChI is InChI=1S/C20H17N5O4S2/c1-3-29-19(26)14(9-13-7-6-12(2)16(10-13)25(27)28)15-11-31-20-22-21-18(24(20)23-15)17-5-4-8-30-17/h4-10H,3,11H2,1-2H3/b14-9-. The molecule has 0 saturated heterocycles. The first-order valence-corrected chi connectivity index (χ1v) is 11.2. The van der Waals surface area contributed by atoms with Crippen molar-refractivity contribution in [2.75, 3.05) is 12.4 Å². The van der Waals surface area contributed by atoms with Gasteiger partial charge in [0.05, 0.1) is 27.7 Å². The van der Waals surface area contributed by atoms with Crippen LogP contribution in [0.2, 0.25) is 0 Å². The van der Waals surface area contributed by atoms with Crippen molar-refractivity contribution in [3.63, 3.8) is 0 Å². The Bertz CT molecular complexity index is 1210. The molecule has 0 fully saturated rings. The van der Waals surface area contributed by atoms with E-state index in [-0.39, 0.29) is 17.9 Å². The molecule has 0 radical (unpaired) electrons. The molecule has 2 aromatic heterocycles. The van der Waals surface area contributed by atoms with Crippen LogP contribution in [0.1, 0.15) is 18.1 Å². The molecular weight excluding hydrogens is 438 g/mol. The first-order chi connectivity index (χ1) is 15.0. The maximum atomic E-state index is 12.7. The topological polar surface area (TPSA) is 113 Å². The van der Waals surface area contributed by atoms with Crippen LogP contribution >= 0.6 is 23.1 Å². The number of rotatable bonds is 6. The molecule has 0 atom stereocenters. The fourth-order valence-corrected chi connectivity index (χ4v) is 4.49. The van der Waals surface area contributed by atoms with Crippen molar-refractivity contribution in [1.82, 2.24) is 14.9 Å². The third-order valence-corrected chi connectivity index (χ3v) is 6.26. The number of aryl methyl sites for hydroxylation is 1. The molecule has 0 N–H and O–H groups in total. The van der Waals surface area contributed by atoms with Gasteiger partial charge in [0.1, 0.15) is 0 Å². The van der Waals surface area contributed by atoms with Gasteiger partial charge in [0.15, 0.2) is 5.82 Å². The van der Waals surface area contributed by atoms with Gasteiger partial charge < -0.3 is 4.74 Å². The zero-order chi connectivity index (χ0) is 22.0. The SMILES string of the molecule is CCOC(=O)/C(=C\c1ccc(C)c([N+](=O)[O-])c1)C1=Nn2c(nnc2-c2cccs2)SC1. The minimum absolute atomic E-state index is 0.0157. The van der Waals surface area contributed by atoms with Gasteiger partial charge in [-0.15, -0.1) is 21.5 Å². The smallest absolute Gasteiger partial charge is 0.340 e. The lowest BCUT2D eigenvalue weighted by Crippen LogP contribution is -2.21. The van der Waals surface area contributed by atoms with E-state index in [1.807, 2.05) is 17.5 Å². The largest absolute Gasteiger partial charge is 0.462 e. The summed E-state index contributed by atoms with van der Waals surface area (Å²) in [4.78, 5) is 24.5. The number of nitrogens with zero attached hydrogens (tertiary/aromatic N) is 5.